The van der Waals surface area contributed by atoms with E-state index in [0.717, 1.165) is 5.76 Å². The average molecular weight is 184 g/mol. The number of amides is 2. The van der Waals surface area contributed by atoms with Gasteiger partial charge in [0.05, 0.1) is 12.8 Å². The largest absolute Gasteiger partial charge is 0.467 e. The van der Waals surface area contributed by atoms with Crippen LogP contribution in [0.25, 0.3) is 0 Å². The molecule has 4 nitrogen and oxygen atoms in total. The van der Waals surface area contributed by atoms with E-state index < -0.39 is 6.03 Å². The Bertz CT molecular complexity index is 232. The Morgan fingerprint density at radius 1 is 1.62 bits per heavy atom. The fraction of sp³-hybridized carbons (Fsp3) is 0.444. The summed E-state index contributed by atoms with van der Waals surface area (Å²) in [5.74, 6) is 0.728. The maximum absolute atomic E-state index is 10.5. The quantitative estimate of drug-likeness (QED) is 0.762. The molecule has 1 aromatic heterocycles. The maximum Gasteiger partial charge on any atom is 0.314 e. The van der Waals surface area contributed by atoms with E-state index in [1.54, 1.807) is 25.4 Å². The number of primary amides is 1. The first kappa shape index (κ1) is 11.6. The zero-order chi connectivity index (χ0) is 10.3. The van der Waals surface area contributed by atoms with Gasteiger partial charge in [0.1, 0.15) is 5.76 Å². The summed E-state index contributed by atoms with van der Waals surface area (Å²) >= 11 is 0. The molecule has 0 aliphatic carbocycles. The molecule has 1 aromatic rings. The van der Waals surface area contributed by atoms with Crippen molar-refractivity contribution in [2.45, 2.75) is 20.4 Å². The summed E-state index contributed by atoms with van der Waals surface area (Å²) in [4.78, 5) is 11.9. The van der Waals surface area contributed by atoms with Crippen LogP contribution in [0.3, 0.4) is 0 Å². The van der Waals surface area contributed by atoms with Gasteiger partial charge in [0.25, 0.3) is 0 Å². The molecule has 0 aliphatic rings. The van der Waals surface area contributed by atoms with E-state index in [1.165, 1.54) is 4.90 Å². The lowest BCUT2D eigenvalue weighted by Gasteiger charge is -2.10. The first-order chi connectivity index (χ1) is 6.20. The molecule has 0 fully saturated rings. The summed E-state index contributed by atoms with van der Waals surface area (Å²) in [5.41, 5.74) is 5.00. The van der Waals surface area contributed by atoms with Crippen LogP contribution in [0, 0.1) is 0 Å². The number of carbonyl (C=O) groups excluding carboxylic acids is 1. The highest BCUT2D eigenvalue weighted by Gasteiger charge is 2.04. The van der Waals surface area contributed by atoms with E-state index in [9.17, 15) is 4.79 Å². The second-order valence-electron chi connectivity index (χ2n) is 2.27. The highest BCUT2D eigenvalue weighted by Crippen LogP contribution is 2.02. The van der Waals surface area contributed by atoms with Crippen molar-refractivity contribution in [2.75, 3.05) is 7.05 Å². The van der Waals surface area contributed by atoms with Crippen LogP contribution < -0.4 is 5.73 Å². The van der Waals surface area contributed by atoms with Gasteiger partial charge in [-0.25, -0.2) is 4.79 Å². The predicted octanol–water partition coefficient (Wildman–Crippen LogP) is 1.82. The van der Waals surface area contributed by atoms with Crippen molar-refractivity contribution in [3.63, 3.8) is 0 Å². The number of furan rings is 1. The summed E-state index contributed by atoms with van der Waals surface area (Å²) in [6, 6.07) is 3.10. The minimum Gasteiger partial charge on any atom is -0.467 e. The van der Waals surface area contributed by atoms with Gasteiger partial charge in [-0.2, -0.15) is 0 Å². The first-order valence-electron chi connectivity index (χ1n) is 4.23. The maximum atomic E-state index is 10.5. The van der Waals surface area contributed by atoms with Gasteiger partial charge < -0.3 is 15.1 Å². The molecule has 0 atom stereocenters. The third kappa shape index (κ3) is 4.20. The Labute approximate surface area is 78.3 Å². The van der Waals surface area contributed by atoms with Crippen LogP contribution in [-0.2, 0) is 6.54 Å². The zero-order valence-electron chi connectivity index (χ0n) is 8.28. The molecule has 0 aliphatic heterocycles. The van der Waals surface area contributed by atoms with Crippen molar-refractivity contribution in [1.29, 1.82) is 0 Å². The number of urea groups is 1. The van der Waals surface area contributed by atoms with Crippen LogP contribution in [0.2, 0.25) is 0 Å². The normalized spacial score (nSPS) is 8.54. The third-order valence-corrected chi connectivity index (χ3v) is 1.35. The van der Waals surface area contributed by atoms with E-state index in [0.29, 0.717) is 6.54 Å². The molecule has 0 saturated carbocycles. The van der Waals surface area contributed by atoms with Crippen LogP contribution in [-0.4, -0.2) is 18.0 Å². The Morgan fingerprint density at radius 3 is 2.62 bits per heavy atom. The molecule has 0 saturated heterocycles. The second kappa shape index (κ2) is 6.11. The number of hydrogen-bond acceptors (Lipinski definition) is 2. The second-order valence-corrected chi connectivity index (χ2v) is 2.27. The Morgan fingerprint density at radius 2 is 2.23 bits per heavy atom. The lowest BCUT2D eigenvalue weighted by Crippen LogP contribution is -2.31. The Kier molecular flexibility index (Phi) is 5.43. The van der Waals surface area contributed by atoms with E-state index in [4.69, 9.17) is 10.2 Å². The van der Waals surface area contributed by atoms with E-state index in [1.807, 2.05) is 13.8 Å². The highest BCUT2D eigenvalue weighted by atomic mass is 16.3. The van der Waals surface area contributed by atoms with Gasteiger partial charge in [-0.1, -0.05) is 13.8 Å². The molecule has 0 spiro atoms. The minimum atomic E-state index is -0.457. The Balaban J connectivity index is 0.000000671. The SMILES string of the molecule is CC.CN(Cc1ccco1)C(N)=O. The molecule has 0 bridgehead atoms. The third-order valence-electron chi connectivity index (χ3n) is 1.35. The summed E-state index contributed by atoms with van der Waals surface area (Å²) in [6.45, 7) is 4.42. The molecule has 2 N–H and O–H groups in total. The molecular weight excluding hydrogens is 168 g/mol. The predicted molar refractivity (Wildman–Crippen MR) is 51.1 cm³/mol. The topological polar surface area (TPSA) is 59.5 Å². The van der Waals surface area contributed by atoms with Gasteiger partial charge >= 0.3 is 6.03 Å². The monoisotopic (exact) mass is 184 g/mol. The van der Waals surface area contributed by atoms with Crippen molar-refractivity contribution in [3.8, 4) is 0 Å². The fourth-order valence-electron chi connectivity index (χ4n) is 0.714. The molecule has 0 unspecified atom stereocenters. The van der Waals surface area contributed by atoms with Crippen molar-refractivity contribution in [2.24, 2.45) is 5.73 Å². The standard InChI is InChI=1S/C7H10N2O2.C2H6/c1-9(7(8)10)5-6-3-2-4-11-6;1-2/h2-4H,5H2,1H3,(H2,8,10);1-2H3. The fourth-order valence-corrected chi connectivity index (χ4v) is 0.714. The molecule has 74 valence electrons. The summed E-state index contributed by atoms with van der Waals surface area (Å²) in [5, 5.41) is 0. The molecule has 1 heterocycles. The number of nitrogens with two attached hydrogens (primary N) is 1. The minimum absolute atomic E-state index is 0.419. The average Bonchev–Trinajstić information content (AvgIpc) is 2.60. The Hall–Kier alpha value is -1.45. The van der Waals surface area contributed by atoms with Crippen LogP contribution in [0.4, 0.5) is 4.79 Å². The van der Waals surface area contributed by atoms with E-state index in [-0.39, 0.29) is 0 Å². The van der Waals surface area contributed by atoms with E-state index >= 15 is 0 Å². The number of hydrogen-bond donors (Lipinski definition) is 1. The number of rotatable bonds is 2. The molecule has 0 radical (unpaired) electrons. The molecular formula is C9H16N2O2. The van der Waals surface area contributed by atoms with Gasteiger partial charge in [-0.15, -0.1) is 0 Å². The van der Waals surface area contributed by atoms with Crippen LogP contribution >= 0.6 is 0 Å². The van der Waals surface area contributed by atoms with Crippen molar-refractivity contribution < 1.29 is 9.21 Å². The molecule has 1 rings (SSSR count). The van der Waals surface area contributed by atoms with Gasteiger partial charge in [0.2, 0.25) is 0 Å². The highest BCUT2D eigenvalue weighted by molar-refractivity contribution is 5.71. The number of nitrogens with zero attached hydrogens (tertiary/aromatic N) is 1. The van der Waals surface area contributed by atoms with Gasteiger partial charge in [-0.05, 0) is 12.1 Å². The van der Waals surface area contributed by atoms with Gasteiger partial charge in [0.15, 0.2) is 0 Å². The number of carbonyl (C=O) groups is 1. The van der Waals surface area contributed by atoms with E-state index in [2.05, 4.69) is 0 Å². The zero-order valence-corrected chi connectivity index (χ0v) is 8.28. The molecule has 2 amide bonds. The van der Waals surface area contributed by atoms with Crippen molar-refractivity contribution in [3.05, 3.63) is 24.2 Å². The van der Waals surface area contributed by atoms with Crippen LogP contribution in [0.15, 0.2) is 22.8 Å². The molecule has 0 aromatic carbocycles. The van der Waals surface area contributed by atoms with Crippen LogP contribution in [0.5, 0.6) is 0 Å². The van der Waals surface area contributed by atoms with Crippen molar-refractivity contribution in [1.82, 2.24) is 4.90 Å². The van der Waals surface area contributed by atoms with Crippen molar-refractivity contribution >= 4 is 6.03 Å². The molecule has 13 heavy (non-hydrogen) atoms. The molecule has 4 heteroatoms. The summed E-state index contributed by atoms with van der Waals surface area (Å²) in [7, 11) is 1.62. The van der Waals surface area contributed by atoms with Crippen LogP contribution in [0.1, 0.15) is 19.6 Å². The summed E-state index contributed by atoms with van der Waals surface area (Å²) in [6.07, 6.45) is 1.56. The lowest BCUT2D eigenvalue weighted by molar-refractivity contribution is 0.212. The smallest absolute Gasteiger partial charge is 0.314 e. The lowest BCUT2D eigenvalue weighted by atomic mass is 10.4. The van der Waals surface area contributed by atoms with Gasteiger partial charge in [-0.3, -0.25) is 0 Å². The summed E-state index contributed by atoms with van der Waals surface area (Å²) < 4.78 is 5.00. The van der Waals surface area contributed by atoms with Gasteiger partial charge in [0, 0.05) is 7.05 Å². The first-order valence-corrected chi connectivity index (χ1v) is 4.23.